The van der Waals surface area contributed by atoms with Crippen molar-refractivity contribution in [3.63, 3.8) is 0 Å². The molecule has 2 fully saturated rings. The first-order valence-corrected chi connectivity index (χ1v) is 8.46. The van der Waals surface area contributed by atoms with Crippen LogP contribution >= 0.6 is 0 Å². The minimum atomic E-state index is 0.749. The zero-order valence-electron chi connectivity index (χ0n) is 13.5. The van der Waals surface area contributed by atoms with Crippen molar-refractivity contribution in [2.45, 2.75) is 58.4 Å². The average Bonchev–Trinajstić information content (AvgIpc) is 2.33. The topological polar surface area (TPSA) is 15.3 Å². The van der Waals surface area contributed by atoms with Gasteiger partial charge in [0.1, 0.15) is 0 Å². The molecule has 3 unspecified atom stereocenters. The molecule has 0 amide bonds. The summed E-state index contributed by atoms with van der Waals surface area (Å²) in [5.74, 6) is 3.67. The summed E-state index contributed by atoms with van der Waals surface area (Å²) in [6.45, 7) is 7.43. The lowest BCUT2D eigenvalue weighted by molar-refractivity contribution is 0.118. The Morgan fingerprint density at radius 2 is 1.84 bits per heavy atom. The number of nitrogens with zero attached hydrogens (tertiary/aromatic N) is 1. The third kappa shape index (κ3) is 4.19. The Bertz CT molecular complexity index is 260. The van der Waals surface area contributed by atoms with E-state index in [-0.39, 0.29) is 0 Å². The third-order valence-electron chi connectivity index (χ3n) is 5.68. The van der Waals surface area contributed by atoms with E-state index in [1.165, 1.54) is 51.6 Å². The van der Waals surface area contributed by atoms with Crippen molar-refractivity contribution in [2.75, 3.05) is 27.2 Å². The molecule has 0 saturated heterocycles. The maximum absolute atomic E-state index is 3.57. The molecule has 2 aliphatic carbocycles. The van der Waals surface area contributed by atoms with Crippen molar-refractivity contribution >= 4 is 0 Å². The fourth-order valence-corrected chi connectivity index (χ4v) is 4.08. The normalized spacial score (nSPS) is 32.8. The summed E-state index contributed by atoms with van der Waals surface area (Å²) in [6, 6.07) is 0.749. The first kappa shape index (κ1) is 15.3. The standard InChI is InChI=1S/C17H34N2/c1-13(2)15-8-9-17(18-3)16(10-15)12-19(4)11-14-6-5-7-14/h13-18H,5-12H2,1-4H3. The fraction of sp³-hybridized carbons (Fsp3) is 1.00. The first-order chi connectivity index (χ1) is 9.10. The number of hydrogen-bond acceptors (Lipinski definition) is 2. The van der Waals surface area contributed by atoms with Gasteiger partial charge in [-0.05, 0) is 69.9 Å². The summed E-state index contributed by atoms with van der Waals surface area (Å²) in [5.41, 5.74) is 0. The van der Waals surface area contributed by atoms with Crippen LogP contribution < -0.4 is 5.32 Å². The zero-order chi connectivity index (χ0) is 13.8. The highest BCUT2D eigenvalue weighted by Crippen LogP contribution is 2.34. The van der Waals surface area contributed by atoms with Gasteiger partial charge in [-0.3, -0.25) is 0 Å². The molecule has 2 heteroatoms. The van der Waals surface area contributed by atoms with E-state index < -0.39 is 0 Å². The zero-order valence-corrected chi connectivity index (χ0v) is 13.5. The van der Waals surface area contributed by atoms with E-state index in [9.17, 15) is 0 Å². The van der Waals surface area contributed by atoms with Crippen molar-refractivity contribution in [1.29, 1.82) is 0 Å². The highest BCUT2D eigenvalue weighted by Gasteiger charge is 2.32. The predicted octanol–water partition coefficient (Wildman–Crippen LogP) is 3.38. The van der Waals surface area contributed by atoms with E-state index in [2.05, 4.69) is 38.2 Å². The van der Waals surface area contributed by atoms with E-state index in [1.807, 2.05) is 0 Å². The average molecular weight is 266 g/mol. The maximum Gasteiger partial charge on any atom is 0.0105 e. The molecule has 19 heavy (non-hydrogen) atoms. The van der Waals surface area contributed by atoms with Crippen LogP contribution in [0.2, 0.25) is 0 Å². The first-order valence-electron chi connectivity index (χ1n) is 8.46. The fourth-order valence-electron chi connectivity index (χ4n) is 4.08. The molecule has 0 heterocycles. The van der Waals surface area contributed by atoms with Crippen LogP contribution in [-0.4, -0.2) is 38.1 Å². The molecular weight excluding hydrogens is 232 g/mol. The van der Waals surface area contributed by atoms with E-state index in [0.29, 0.717) is 0 Å². The number of rotatable bonds is 6. The van der Waals surface area contributed by atoms with Gasteiger partial charge in [-0.2, -0.15) is 0 Å². The lowest BCUT2D eigenvalue weighted by Gasteiger charge is -2.40. The summed E-state index contributed by atoms with van der Waals surface area (Å²) < 4.78 is 0. The van der Waals surface area contributed by atoms with Crippen LogP contribution in [0.25, 0.3) is 0 Å². The Kier molecular flexibility index (Phi) is 5.70. The smallest absolute Gasteiger partial charge is 0.0105 e. The molecule has 2 aliphatic rings. The van der Waals surface area contributed by atoms with Crippen LogP contribution in [0.4, 0.5) is 0 Å². The molecule has 0 spiro atoms. The lowest BCUT2D eigenvalue weighted by Crippen LogP contribution is -2.45. The van der Waals surface area contributed by atoms with Crippen LogP contribution in [0.1, 0.15) is 52.4 Å². The molecule has 2 saturated carbocycles. The Morgan fingerprint density at radius 1 is 1.11 bits per heavy atom. The van der Waals surface area contributed by atoms with E-state index in [0.717, 1.165) is 29.7 Å². The van der Waals surface area contributed by atoms with Crippen molar-refractivity contribution in [2.24, 2.45) is 23.7 Å². The summed E-state index contributed by atoms with van der Waals surface area (Å²) in [7, 11) is 4.49. The van der Waals surface area contributed by atoms with Gasteiger partial charge in [-0.15, -0.1) is 0 Å². The van der Waals surface area contributed by atoms with E-state index >= 15 is 0 Å². The molecular formula is C17H34N2. The maximum atomic E-state index is 3.57. The van der Waals surface area contributed by atoms with Gasteiger partial charge in [0.15, 0.2) is 0 Å². The highest BCUT2D eigenvalue weighted by molar-refractivity contribution is 4.87. The summed E-state index contributed by atoms with van der Waals surface area (Å²) in [6.07, 6.45) is 8.64. The number of nitrogens with one attached hydrogen (secondary N) is 1. The summed E-state index contributed by atoms with van der Waals surface area (Å²) in [5, 5.41) is 3.57. The number of hydrogen-bond donors (Lipinski definition) is 1. The van der Waals surface area contributed by atoms with Crippen molar-refractivity contribution in [3.8, 4) is 0 Å². The second-order valence-electron chi connectivity index (χ2n) is 7.49. The Morgan fingerprint density at radius 3 is 2.37 bits per heavy atom. The van der Waals surface area contributed by atoms with Crippen molar-refractivity contribution in [3.05, 3.63) is 0 Å². The quantitative estimate of drug-likeness (QED) is 0.793. The van der Waals surface area contributed by atoms with Crippen LogP contribution in [0.15, 0.2) is 0 Å². The minimum absolute atomic E-state index is 0.749. The molecule has 2 nitrogen and oxygen atoms in total. The molecule has 1 N–H and O–H groups in total. The third-order valence-corrected chi connectivity index (χ3v) is 5.68. The second-order valence-corrected chi connectivity index (χ2v) is 7.49. The monoisotopic (exact) mass is 266 g/mol. The van der Waals surface area contributed by atoms with Gasteiger partial charge < -0.3 is 10.2 Å². The van der Waals surface area contributed by atoms with Gasteiger partial charge in [-0.1, -0.05) is 20.3 Å². The molecule has 3 atom stereocenters. The highest BCUT2D eigenvalue weighted by atomic mass is 15.1. The summed E-state index contributed by atoms with van der Waals surface area (Å²) >= 11 is 0. The van der Waals surface area contributed by atoms with Crippen LogP contribution in [0.3, 0.4) is 0 Å². The van der Waals surface area contributed by atoms with Gasteiger partial charge >= 0.3 is 0 Å². The molecule has 112 valence electrons. The van der Waals surface area contributed by atoms with Crippen LogP contribution in [-0.2, 0) is 0 Å². The SMILES string of the molecule is CNC1CCC(C(C)C)CC1CN(C)CC1CCC1. The summed E-state index contributed by atoms with van der Waals surface area (Å²) in [4.78, 5) is 2.61. The molecule has 0 aromatic rings. The molecule has 0 aromatic carbocycles. The Hall–Kier alpha value is -0.0800. The molecule has 0 aliphatic heterocycles. The molecule has 0 radical (unpaired) electrons. The van der Waals surface area contributed by atoms with E-state index in [4.69, 9.17) is 0 Å². The second kappa shape index (κ2) is 7.08. The van der Waals surface area contributed by atoms with Crippen molar-refractivity contribution < 1.29 is 0 Å². The molecule has 0 bridgehead atoms. The predicted molar refractivity (Wildman–Crippen MR) is 83.4 cm³/mol. The van der Waals surface area contributed by atoms with Crippen LogP contribution in [0, 0.1) is 23.7 Å². The molecule has 0 aromatic heterocycles. The van der Waals surface area contributed by atoms with Gasteiger partial charge in [0, 0.05) is 19.1 Å². The van der Waals surface area contributed by atoms with Gasteiger partial charge in [0.2, 0.25) is 0 Å². The largest absolute Gasteiger partial charge is 0.317 e. The van der Waals surface area contributed by atoms with Crippen molar-refractivity contribution in [1.82, 2.24) is 10.2 Å². The van der Waals surface area contributed by atoms with E-state index in [1.54, 1.807) is 0 Å². The van der Waals surface area contributed by atoms with Gasteiger partial charge in [0.25, 0.3) is 0 Å². The van der Waals surface area contributed by atoms with Gasteiger partial charge in [-0.25, -0.2) is 0 Å². The Balaban J connectivity index is 1.82. The van der Waals surface area contributed by atoms with Crippen LogP contribution in [0.5, 0.6) is 0 Å². The van der Waals surface area contributed by atoms with Gasteiger partial charge in [0.05, 0.1) is 0 Å². The molecule has 2 rings (SSSR count). The Labute approximate surface area is 120 Å². The lowest BCUT2D eigenvalue weighted by atomic mass is 9.73. The minimum Gasteiger partial charge on any atom is -0.317 e.